The van der Waals surface area contributed by atoms with Gasteiger partial charge in [0.15, 0.2) is 0 Å². The number of carbonyl (C=O) groups excluding carboxylic acids is 2. The summed E-state index contributed by atoms with van der Waals surface area (Å²) in [5, 5.41) is 1.05. The van der Waals surface area contributed by atoms with E-state index in [1.54, 1.807) is 11.6 Å². The molecule has 4 heteroatoms. The lowest BCUT2D eigenvalue weighted by molar-refractivity contribution is -0.114. The van der Waals surface area contributed by atoms with Gasteiger partial charge in [0.25, 0.3) is 11.7 Å². The number of aromatic nitrogens is 1. The highest BCUT2D eigenvalue weighted by Crippen LogP contribution is 1.89. The first-order valence-electron chi connectivity index (χ1n) is 3.62. The first-order valence-corrected chi connectivity index (χ1v) is 3.62. The zero-order valence-electron chi connectivity index (χ0n) is 7.33. The molecule has 1 heterocycles. The van der Waals surface area contributed by atoms with E-state index in [0.717, 1.165) is 0 Å². The van der Waals surface area contributed by atoms with Gasteiger partial charge in [0.05, 0.1) is 5.56 Å². The van der Waals surface area contributed by atoms with Crippen molar-refractivity contribution in [1.82, 2.24) is 4.57 Å². The quantitative estimate of drug-likeness (QED) is 0.443. The molecule has 1 rings (SSSR count). The standard InChI is InChI=1S/C9H10N2O2/c1-5-6(2)11(3)4-7(5)8(12)9(10)13/h4H,1-2H2,3H3,(H2,10,13). The number of nitrogens with zero attached hydrogens (tertiary/aromatic N) is 1. The van der Waals surface area contributed by atoms with E-state index >= 15 is 0 Å². The fourth-order valence-corrected chi connectivity index (χ4v) is 1.05. The van der Waals surface area contributed by atoms with Crippen molar-refractivity contribution in [2.75, 3.05) is 0 Å². The summed E-state index contributed by atoms with van der Waals surface area (Å²) >= 11 is 0. The molecule has 0 atom stereocenters. The molecule has 68 valence electrons. The second kappa shape index (κ2) is 2.90. The molecular formula is C9H10N2O2. The molecule has 0 fully saturated rings. The van der Waals surface area contributed by atoms with Gasteiger partial charge >= 0.3 is 0 Å². The molecule has 2 N–H and O–H groups in total. The van der Waals surface area contributed by atoms with Gasteiger partial charge in [-0.25, -0.2) is 0 Å². The molecule has 1 amide bonds. The lowest BCUT2D eigenvalue weighted by atomic mass is 10.2. The molecule has 0 bridgehead atoms. The van der Waals surface area contributed by atoms with Gasteiger partial charge in [-0.3, -0.25) is 9.59 Å². The monoisotopic (exact) mass is 178 g/mol. The van der Waals surface area contributed by atoms with Gasteiger partial charge in [0.2, 0.25) is 0 Å². The van der Waals surface area contributed by atoms with Crippen LogP contribution in [0.25, 0.3) is 13.2 Å². The maximum atomic E-state index is 11.2. The van der Waals surface area contributed by atoms with Crippen LogP contribution in [0.4, 0.5) is 0 Å². The van der Waals surface area contributed by atoms with Gasteiger partial charge < -0.3 is 10.3 Å². The van der Waals surface area contributed by atoms with E-state index < -0.39 is 11.7 Å². The Morgan fingerprint density at radius 1 is 1.46 bits per heavy atom. The summed E-state index contributed by atoms with van der Waals surface area (Å²) < 4.78 is 1.62. The predicted molar refractivity (Wildman–Crippen MR) is 49.2 cm³/mol. The smallest absolute Gasteiger partial charge is 0.289 e. The van der Waals surface area contributed by atoms with Crippen LogP contribution in [-0.2, 0) is 11.8 Å². The normalized spacial score (nSPS) is 9.92. The van der Waals surface area contributed by atoms with Crippen LogP contribution >= 0.6 is 0 Å². The number of carbonyl (C=O) groups is 2. The number of amides is 1. The second-order valence-corrected chi connectivity index (χ2v) is 2.77. The largest absolute Gasteiger partial charge is 0.363 e. The van der Waals surface area contributed by atoms with Crippen LogP contribution in [0.5, 0.6) is 0 Å². The van der Waals surface area contributed by atoms with E-state index in [1.807, 2.05) is 0 Å². The average molecular weight is 178 g/mol. The average Bonchev–Trinajstić information content (AvgIpc) is 2.31. The van der Waals surface area contributed by atoms with Crippen molar-refractivity contribution in [1.29, 1.82) is 0 Å². The number of aryl methyl sites for hydroxylation is 1. The van der Waals surface area contributed by atoms with Crippen molar-refractivity contribution < 1.29 is 9.59 Å². The van der Waals surface area contributed by atoms with Crippen LogP contribution in [0.1, 0.15) is 10.4 Å². The number of nitrogens with two attached hydrogens (primary N) is 1. The number of hydrogen-bond acceptors (Lipinski definition) is 2. The molecular weight excluding hydrogens is 168 g/mol. The first-order chi connectivity index (χ1) is 5.95. The van der Waals surface area contributed by atoms with Crippen LogP contribution in [0.15, 0.2) is 6.20 Å². The summed E-state index contributed by atoms with van der Waals surface area (Å²) in [6.45, 7) is 7.31. The maximum Gasteiger partial charge on any atom is 0.289 e. The van der Waals surface area contributed by atoms with Crippen molar-refractivity contribution in [3.05, 3.63) is 22.3 Å². The SMILES string of the molecule is C=c1c(C(=O)C(N)=O)cn(C)c1=C. The Balaban J connectivity index is 3.41. The summed E-state index contributed by atoms with van der Waals surface area (Å²) in [7, 11) is 1.72. The fraction of sp³-hybridized carbons (Fsp3) is 0.111. The highest BCUT2D eigenvalue weighted by Gasteiger charge is 2.14. The van der Waals surface area contributed by atoms with E-state index in [1.165, 1.54) is 6.20 Å². The van der Waals surface area contributed by atoms with E-state index in [9.17, 15) is 9.59 Å². The minimum atomic E-state index is -0.976. The Hall–Kier alpha value is -1.84. The Morgan fingerprint density at radius 2 is 2.00 bits per heavy atom. The zero-order chi connectivity index (χ0) is 10.2. The molecule has 13 heavy (non-hydrogen) atoms. The molecule has 4 nitrogen and oxygen atoms in total. The third-order valence-corrected chi connectivity index (χ3v) is 1.89. The Bertz CT molecular complexity index is 471. The molecule has 1 aromatic heterocycles. The molecule has 1 aromatic rings. The molecule has 0 radical (unpaired) electrons. The predicted octanol–water partition coefficient (Wildman–Crippen LogP) is -1.49. The van der Waals surface area contributed by atoms with Crippen LogP contribution in [0.3, 0.4) is 0 Å². The van der Waals surface area contributed by atoms with Crippen LogP contribution < -0.4 is 16.3 Å². The minimum Gasteiger partial charge on any atom is -0.363 e. The summed E-state index contributed by atoms with van der Waals surface area (Å²) in [6.07, 6.45) is 1.50. The third kappa shape index (κ3) is 1.38. The first kappa shape index (κ1) is 9.25. The van der Waals surface area contributed by atoms with E-state index in [4.69, 9.17) is 5.73 Å². The number of Topliss-reactive ketones (excluding diaryl/α,β-unsaturated/α-hetero) is 1. The highest BCUT2D eigenvalue weighted by molar-refractivity contribution is 6.42. The number of hydrogen-bond donors (Lipinski definition) is 1. The number of primary amides is 1. The van der Waals surface area contributed by atoms with Gasteiger partial charge in [0.1, 0.15) is 0 Å². The molecule has 0 saturated carbocycles. The molecule has 0 spiro atoms. The molecule has 0 aliphatic rings. The summed E-state index contributed by atoms with van der Waals surface area (Å²) in [4.78, 5) is 21.8. The Kier molecular flexibility index (Phi) is 2.06. The van der Waals surface area contributed by atoms with Gasteiger partial charge in [-0.2, -0.15) is 0 Å². The van der Waals surface area contributed by atoms with Crippen molar-refractivity contribution in [3.63, 3.8) is 0 Å². The Labute approximate surface area is 75.0 Å². The van der Waals surface area contributed by atoms with Crippen LogP contribution in [-0.4, -0.2) is 16.3 Å². The van der Waals surface area contributed by atoms with E-state index in [2.05, 4.69) is 13.2 Å². The van der Waals surface area contributed by atoms with E-state index in [0.29, 0.717) is 10.6 Å². The maximum absolute atomic E-state index is 11.2. The van der Waals surface area contributed by atoms with Crippen LogP contribution in [0, 0.1) is 0 Å². The van der Waals surface area contributed by atoms with E-state index in [-0.39, 0.29) is 5.56 Å². The molecule has 0 aliphatic carbocycles. The molecule has 0 unspecified atom stereocenters. The van der Waals surface area contributed by atoms with Crippen molar-refractivity contribution >= 4 is 24.8 Å². The van der Waals surface area contributed by atoms with Crippen molar-refractivity contribution in [2.45, 2.75) is 0 Å². The summed E-state index contributed by atoms with van der Waals surface area (Å²) in [5.41, 5.74) is 5.07. The van der Waals surface area contributed by atoms with Gasteiger partial charge in [-0.15, -0.1) is 0 Å². The second-order valence-electron chi connectivity index (χ2n) is 2.77. The number of ketones is 1. The van der Waals surface area contributed by atoms with Gasteiger partial charge in [-0.1, -0.05) is 13.2 Å². The Morgan fingerprint density at radius 3 is 2.31 bits per heavy atom. The molecule has 0 aromatic carbocycles. The lowest BCUT2D eigenvalue weighted by Gasteiger charge is -1.89. The third-order valence-electron chi connectivity index (χ3n) is 1.89. The highest BCUT2D eigenvalue weighted by atomic mass is 16.2. The molecule has 0 saturated heterocycles. The van der Waals surface area contributed by atoms with Crippen LogP contribution in [0.2, 0.25) is 0 Å². The number of rotatable bonds is 2. The summed E-state index contributed by atoms with van der Waals surface area (Å²) in [5.74, 6) is -1.70. The fourth-order valence-electron chi connectivity index (χ4n) is 1.05. The van der Waals surface area contributed by atoms with Crippen molar-refractivity contribution in [2.24, 2.45) is 12.8 Å². The van der Waals surface area contributed by atoms with Crippen molar-refractivity contribution in [3.8, 4) is 0 Å². The molecule has 0 aliphatic heterocycles. The lowest BCUT2D eigenvalue weighted by Crippen LogP contribution is -2.31. The van der Waals surface area contributed by atoms with Gasteiger partial charge in [-0.05, 0) is 0 Å². The summed E-state index contributed by atoms with van der Waals surface area (Å²) in [6, 6.07) is 0. The minimum absolute atomic E-state index is 0.222. The van der Waals surface area contributed by atoms with Gasteiger partial charge in [0, 0.05) is 23.8 Å². The zero-order valence-corrected chi connectivity index (χ0v) is 7.33. The topological polar surface area (TPSA) is 65.1 Å².